The van der Waals surface area contributed by atoms with Gasteiger partial charge in [0, 0.05) is 29.1 Å². The van der Waals surface area contributed by atoms with E-state index in [1.807, 2.05) is 72.4 Å². The first-order valence-electron chi connectivity index (χ1n) is 9.68. The molecule has 4 atom stereocenters. The molecular formula is C22H23N3O4. The van der Waals surface area contributed by atoms with E-state index >= 15 is 0 Å². The second-order valence-electron chi connectivity index (χ2n) is 7.30. The van der Waals surface area contributed by atoms with Crippen LogP contribution in [-0.2, 0) is 16.6 Å². The number of nitrogens with zero attached hydrogens (tertiary/aromatic N) is 2. The van der Waals surface area contributed by atoms with Gasteiger partial charge in [0.25, 0.3) is 0 Å². The van der Waals surface area contributed by atoms with Crippen LogP contribution >= 0.6 is 0 Å². The van der Waals surface area contributed by atoms with Gasteiger partial charge in [0.1, 0.15) is 12.1 Å². The normalized spacial score (nSPS) is 23.9. The second kappa shape index (κ2) is 7.67. The Morgan fingerprint density at radius 1 is 1.17 bits per heavy atom. The molecule has 7 nitrogen and oxygen atoms in total. The summed E-state index contributed by atoms with van der Waals surface area (Å²) in [5.41, 5.74) is 2.54. The van der Waals surface area contributed by atoms with E-state index in [0.717, 1.165) is 22.0 Å². The molecule has 29 heavy (non-hydrogen) atoms. The Balaban J connectivity index is 1.88. The summed E-state index contributed by atoms with van der Waals surface area (Å²) in [5.74, 6) is -1.11. The highest BCUT2D eigenvalue weighted by atomic mass is 16.6. The Labute approximate surface area is 168 Å². The third-order valence-corrected chi connectivity index (χ3v) is 5.66. The smallest absolute Gasteiger partial charge is 0.324 e. The molecule has 1 N–H and O–H groups in total. The summed E-state index contributed by atoms with van der Waals surface area (Å²) in [6.45, 7) is 1.96. The molecule has 1 aliphatic heterocycles. The van der Waals surface area contributed by atoms with Crippen LogP contribution in [-0.4, -0.2) is 34.2 Å². The second-order valence-corrected chi connectivity index (χ2v) is 7.30. The Bertz CT molecular complexity index is 1050. The van der Waals surface area contributed by atoms with Crippen molar-refractivity contribution in [3.05, 3.63) is 82.0 Å². The number of para-hydroxylation sites is 1. The van der Waals surface area contributed by atoms with Crippen molar-refractivity contribution in [1.29, 1.82) is 0 Å². The Morgan fingerprint density at radius 2 is 1.86 bits per heavy atom. The lowest BCUT2D eigenvalue weighted by molar-refractivity contribution is -0.527. The van der Waals surface area contributed by atoms with Crippen LogP contribution in [0, 0.1) is 10.1 Å². The number of aromatic nitrogens is 1. The van der Waals surface area contributed by atoms with Gasteiger partial charge < -0.3 is 9.30 Å². The van der Waals surface area contributed by atoms with Crippen molar-refractivity contribution in [2.45, 2.75) is 31.0 Å². The molecule has 1 aromatic heterocycles. The fourth-order valence-corrected chi connectivity index (χ4v) is 4.46. The van der Waals surface area contributed by atoms with Gasteiger partial charge in [-0.1, -0.05) is 48.5 Å². The molecule has 0 aliphatic carbocycles. The average molecular weight is 393 g/mol. The number of carbonyl (C=O) groups is 1. The van der Waals surface area contributed by atoms with Crippen LogP contribution in [0.2, 0.25) is 0 Å². The van der Waals surface area contributed by atoms with E-state index in [9.17, 15) is 14.9 Å². The molecule has 0 amide bonds. The predicted octanol–water partition coefficient (Wildman–Crippen LogP) is 3.18. The summed E-state index contributed by atoms with van der Waals surface area (Å²) >= 11 is 0. The third kappa shape index (κ3) is 3.27. The van der Waals surface area contributed by atoms with E-state index in [1.54, 1.807) is 6.92 Å². The highest BCUT2D eigenvalue weighted by Crippen LogP contribution is 2.43. The quantitative estimate of drug-likeness (QED) is 0.409. The summed E-state index contributed by atoms with van der Waals surface area (Å²) in [6.07, 6.45) is 1.90. The maximum atomic E-state index is 12.8. The minimum Gasteiger partial charge on any atom is -0.465 e. The molecule has 0 saturated carbocycles. The molecule has 3 aromatic rings. The monoisotopic (exact) mass is 393 g/mol. The van der Waals surface area contributed by atoms with Crippen LogP contribution in [0.5, 0.6) is 0 Å². The topological polar surface area (TPSA) is 86.4 Å². The van der Waals surface area contributed by atoms with Gasteiger partial charge in [0.15, 0.2) is 0 Å². The van der Waals surface area contributed by atoms with E-state index in [-0.39, 0.29) is 11.5 Å². The predicted molar refractivity (Wildman–Crippen MR) is 109 cm³/mol. The van der Waals surface area contributed by atoms with E-state index in [0.29, 0.717) is 0 Å². The fourth-order valence-electron chi connectivity index (χ4n) is 4.46. The van der Waals surface area contributed by atoms with Crippen molar-refractivity contribution < 1.29 is 14.5 Å². The van der Waals surface area contributed by atoms with Crippen LogP contribution in [0.1, 0.15) is 30.0 Å². The van der Waals surface area contributed by atoms with E-state index in [2.05, 4.69) is 5.32 Å². The number of fused-ring (bicyclic) bond motifs is 1. The Hall–Kier alpha value is -3.19. The summed E-state index contributed by atoms with van der Waals surface area (Å²) in [7, 11) is 1.91. The molecule has 0 spiro atoms. The number of nitro groups is 1. The van der Waals surface area contributed by atoms with Crippen molar-refractivity contribution in [1.82, 2.24) is 9.88 Å². The van der Waals surface area contributed by atoms with E-state index in [1.165, 1.54) is 0 Å². The van der Waals surface area contributed by atoms with Gasteiger partial charge in [-0.15, -0.1) is 0 Å². The van der Waals surface area contributed by atoms with Gasteiger partial charge in [-0.05, 0) is 24.1 Å². The van der Waals surface area contributed by atoms with Crippen molar-refractivity contribution in [2.24, 2.45) is 7.05 Å². The molecule has 1 aliphatic rings. The summed E-state index contributed by atoms with van der Waals surface area (Å²) in [6, 6.07) is 14.6. The first-order valence-corrected chi connectivity index (χ1v) is 9.68. The van der Waals surface area contributed by atoms with Crippen molar-refractivity contribution >= 4 is 16.9 Å². The first kappa shape index (κ1) is 19.1. The van der Waals surface area contributed by atoms with Crippen LogP contribution in [0.15, 0.2) is 60.8 Å². The molecule has 0 unspecified atom stereocenters. The van der Waals surface area contributed by atoms with Crippen molar-refractivity contribution in [2.75, 3.05) is 6.61 Å². The molecule has 1 saturated heterocycles. The third-order valence-electron chi connectivity index (χ3n) is 5.66. The molecule has 1 fully saturated rings. The lowest BCUT2D eigenvalue weighted by Gasteiger charge is -2.19. The summed E-state index contributed by atoms with van der Waals surface area (Å²) in [4.78, 5) is 24.8. The lowest BCUT2D eigenvalue weighted by Crippen LogP contribution is -2.37. The highest BCUT2D eigenvalue weighted by Gasteiger charge is 2.55. The Morgan fingerprint density at radius 3 is 2.55 bits per heavy atom. The minimum absolute atomic E-state index is 0.221. The van der Waals surface area contributed by atoms with E-state index in [4.69, 9.17) is 4.74 Å². The van der Waals surface area contributed by atoms with Crippen LogP contribution in [0.25, 0.3) is 10.9 Å². The molecule has 2 heterocycles. The maximum Gasteiger partial charge on any atom is 0.324 e. The minimum atomic E-state index is -1.00. The van der Waals surface area contributed by atoms with Gasteiger partial charge in [-0.3, -0.25) is 20.2 Å². The van der Waals surface area contributed by atoms with Crippen molar-refractivity contribution in [3.63, 3.8) is 0 Å². The van der Waals surface area contributed by atoms with Crippen LogP contribution in [0.3, 0.4) is 0 Å². The fraction of sp³-hybridized carbons (Fsp3) is 0.318. The number of nitrogens with one attached hydrogen (secondary N) is 1. The Kier molecular flexibility index (Phi) is 5.07. The number of rotatable bonds is 5. The van der Waals surface area contributed by atoms with Gasteiger partial charge in [-0.25, -0.2) is 0 Å². The average Bonchev–Trinajstić information content (AvgIpc) is 3.28. The number of hydrogen-bond donors (Lipinski definition) is 1. The molecule has 150 valence electrons. The number of carbonyl (C=O) groups excluding carboxylic acids is 1. The zero-order valence-electron chi connectivity index (χ0n) is 16.3. The number of benzene rings is 2. The summed E-state index contributed by atoms with van der Waals surface area (Å²) in [5, 5.41) is 16.4. The van der Waals surface area contributed by atoms with Gasteiger partial charge in [0.05, 0.1) is 12.5 Å². The highest BCUT2D eigenvalue weighted by molar-refractivity contribution is 5.87. The van der Waals surface area contributed by atoms with Crippen molar-refractivity contribution in [3.8, 4) is 0 Å². The summed E-state index contributed by atoms with van der Waals surface area (Å²) < 4.78 is 7.22. The first-order chi connectivity index (χ1) is 14.0. The molecule has 4 rings (SSSR count). The SMILES string of the molecule is CCOC(=O)[C@H]1N[C@@H](c2ccccc2)[C@H]([N+](=O)[O-])[C@H]1c1cn(C)c2ccccc12. The number of esters is 1. The zero-order valence-corrected chi connectivity index (χ0v) is 16.3. The van der Waals surface area contributed by atoms with Gasteiger partial charge in [-0.2, -0.15) is 0 Å². The molecule has 7 heteroatoms. The number of hydrogen-bond acceptors (Lipinski definition) is 5. The largest absolute Gasteiger partial charge is 0.465 e. The number of ether oxygens (including phenoxy) is 1. The van der Waals surface area contributed by atoms with Crippen LogP contribution < -0.4 is 5.32 Å². The molecule has 2 aromatic carbocycles. The maximum absolute atomic E-state index is 12.8. The standard InChI is InChI=1S/C22H23N3O4/c1-3-29-22(26)20-18(16-13-24(2)17-12-8-7-11-15(16)17)21(25(27)28)19(23-20)14-9-5-4-6-10-14/h4-13,18-21,23H,3H2,1-2H3/t18-,19-,20-,21+/m0/s1. The zero-order chi connectivity index (χ0) is 20.5. The van der Waals surface area contributed by atoms with Crippen LogP contribution in [0.4, 0.5) is 0 Å². The molecule has 0 bridgehead atoms. The molecule has 0 radical (unpaired) electrons. The molecular weight excluding hydrogens is 370 g/mol. The lowest BCUT2D eigenvalue weighted by atomic mass is 9.85. The van der Waals surface area contributed by atoms with E-state index < -0.39 is 30.0 Å². The van der Waals surface area contributed by atoms with Gasteiger partial charge in [0.2, 0.25) is 6.04 Å². The number of aryl methyl sites for hydroxylation is 1. The van der Waals surface area contributed by atoms with Gasteiger partial charge >= 0.3 is 5.97 Å².